The third-order valence-corrected chi connectivity index (χ3v) is 3.15. The largest absolute Gasteiger partial charge is 0.469 e. The summed E-state index contributed by atoms with van der Waals surface area (Å²) in [7, 11) is 2.80. The highest BCUT2D eigenvalue weighted by Crippen LogP contribution is 2.20. The predicted octanol–water partition coefficient (Wildman–Crippen LogP) is 0.433. The monoisotopic (exact) mass is 229 g/mol. The molecule has 16 heavy (non-hydrogen) atoms. The molecule has 1 unspecified atom stereocenters. The van der Waals surface area contributed by atoms with Crippen molar-refractivity contribution >= 4 is 11.9 Å². The van der Waals surface area contributed by atoms with Gasteiger partial charge in [0.25, 0.3) is 0 Å². The van der Waals surface area contributed by atoms with Crippen molar-refractivity contribution in [3.8, 4) is 0 Å². The Balaban J connectivity index is 2.42. The smallest absolute Gasteiger partial charge is 0.322 e. The highest BCUT2D eigenvalue weighted by atomic mass is 16.5. The molecule has 0 saturated carbocycles. The average molecular weight is 229 g/mol. The Morgan fingerprint density at radius 2 is 1.75 bits per heavy atom. The maximum atomic E-state index is 11.3. The summed E-state index contributed by atoms with van der Waals surface area (Å²) in [6.07, 6.45) is 1.49. The Labute approximate surface area is 95.7 Å². The lowest BCUT2D eigenvalue weighted by Crippen LogP contribution is -2.45. The van der Waals surface area contributed by atoms with Crippen LogP contribution in [0.2, 0.25) is 0 Å². The van der Waals surface area contributed by atoms with E-state index in [1.165, 1.54) is 14.2 Å². The minimum absolute atomic E-state index is 0.0221. The molecule has 0 radical (unpaired) electrons. The fourth-order valence-electron chi connectivity index (χ4n) is 2.01. The number of esters is 2. The minimum atomic E-state index is -0.233. The van der Waals surface area contributed by atoms with Crippen LogP contribution in [0.15, 0.2) is 0 Å². The van der Waals surface area contributed by atoms with Crippen molar-refractivity contribution in [1.29, 1.82) is 0 Å². The average Bonchev–Trinajstić information content (AvgIpc) is 2.36. The summed E-state index contributed by atoms with van der Waals surface area (Å²) in [5.74, 6) is -0.395. The quantitative estimate of drug-likeness (QED) is 0.657. The molecule has 1 aliphatic heterocycles. The Bertz CT molecular complexity index is 259. The van der Waals surface area contributed by atoms with E-state index in [9.17, 15) is 9.59 Å². The predicted molar refractivity (Wildman–Crippen MR) is 57.8 cm³/mol. The molecule has 5 nitrogen and oxygen atoms in total. The van der Waals surface area contributed by atoms with Crippen molar-refractivity contribution < 1.29 is 19.1 Å². The van der Waals surface area contributed by atoms with Crippen LogP contribution in [0, 0.1) is 5.92 Å². The number of rotatable bonds is 3. The van der Waals surface area contributed by atoms with E-state index in [0.29, 0.717) is 0 Å². The second kappa shape index (κ2) is 5.84. The summed E-state index contributed by atoms with van der Waals surface area (Å²) in [4.78, 5) is 24.7. The fraction of sp³-hybridized carbons (Fsp3) is 0.818. The van der Waals surface area contributed by atoms with E-state index in [1.807, 2.05) is 11.8 Å². The van der Waals surface area contributed by atoms with Crippen molar-refractivity contribution in [2.24, 2.45) is 5.92 Å². The molecule has 5 heteroatoms. The molecular weight excluding hydrogens is 210 g/mol. The Kier molecular flexibility index (Phi) is 4.73. The molecule has 0 aromatic carbocycles. The van der Waals surface area contributed by atoms with Gasteiger partial charge in [-0.1, -0.05) is 0 Å². The highest BCUT2D eigenvalue weighted by Gasteiger charge is 2.30. The van der Waals surface area contributed by atoms with Crippen molar-refractivity contribution in [3.63, 3.8) is 0 Å². The maximum Gasteiger partial charge on any atom is 0.322 e. The molecule has 0 aromatic heterocycles. The number of ether oxygens (including phenoxy) is 2. The summed E-state index contributed by atoms with van der Waals surface area (Å²) < 4.78 is 9.39. The zero-order valence-electron chi connectivity index (χ0n) is 10.1. The van der Waals surface area contributed by atoms with E-state index < -0.39 is 0 Å². The van der Waals surface area contributed by atoms with Gasteiger partial charge in [0.15, 0.2) is 0 Å². The van der Waals surface area contributed by atoms with Gasteiger partial charge in [-0.05, 0) is 32.9 Å². The Hall–Kier alpha value is -1.10. The molecule has 1 aliphatic rings. The summed E-state index contributed by atoms with van der Waals surface area (Å²) in [5.41, 5.74) is 0. The number of carbonyl (C=O) groups is 2. The molecule has 0 aromatic rings. The maximum absolute atomic E-state index is 11.3. The van der Waals surface area contributed by atoms with Crippen molar-refractivity contribution in [1.82, 2.24) is 4.90 Å². The summed E-state index contributed by atoms with van der Waals surface area (Å²) in [6, 6.07) is -0.233. The standard InChI is InChI=1S/C11H19NO4/c1-8(10(13)15-2)12-6-4-9(5-7-12)11(14)16-3/h8-9H,4-7H2,1-3H3. The minimum Gasteiger partial charge on any atom is -0.469 e. The van der Waals surface area contributed by atoms with Crippen LogP contribution < -0.4 is 0 Å². The van der Waals surface area contributed by atoms with Gasteiger partial charge in [-0.15, -0.1) is 0 Å². The zero-order valence-corrected chi connectivity index (χ0v) is 10.1. The first-order valence-corrected chi connectivity index (χ1v) is 5.49. The van der Waals surface area contributed by atoms with Crippen LogP contribution in [0.3, 0.4) is 0 Å². The van der Waals surface area contributed by atoms with Crippen LogP contribution in [-0.4, -0.2) is 50.2 Å². The number of hydrogen-bond acceptors (Lipinski definition) is 5. The van der Waals surface area contributed by atoms with E-state index in [-0.39, 0.29) is 23.9 Å². The van der Waals surface area contributed by atoms with Crippen molar-refractivity contribution in [3.05, 3.63) is 0 Å². The summed E-state index contributed by atoms with van der Waals surface area (Å²) in [6.45, 7) is 3.29. The second-order valence-electron chi connectivity index (χ2n) is 4.03. The lowest BCUT2D eigenvalue weighted by Gasteiger charge is -2.33. The number of likely N-dealkylation sites (tertiary alicyclic amines) is 1. The molecule has 92 valence electrons. The first-order valence-electron chi connectivity index (χ1n) is 5.49. The fourth-order valence-corrected chi connectivity index (χ4v) is 2.01. The van der Waals surface area contributed by atoms with Crippen LogP contribution in [-0.2, 0) is 19.1 Å². The van der Waals surface area contributed by atoms with Crippen LogP contribution in [0.1, 0.15) is 19.8 Å². The number of carbonyl (C=O) groups excluding carboxylic acids is 2. The van der Waals surface area contributed by atoms with Crippen molar-refractivity contribution in [2.75, 3.05) is 27.3 Å². The molecule has 1 saturated heterocycles. The van der Waals surface area contributed by atoms with E-state index >= 15 is 0 Å². The Morgan fingerprint density at radius 1 is 1.19 bits per heavy atom. The number of hydrogen-bond donors (Lipinski definition) is 0. The van der Waals surface area contributed by atoms with Gasteiger partial charge in [0.1, 0.15) is 6.04 Å². The molecule has 1 atom stereocenters. The third kappa shape index (κ3) is 2.95. The van der Waals surface area contributed by atoms with Gasteiger partial charge in [0, 0.05) is 0 Å². The highest BCUT2D eigenvalue weighted by molar-refractivity contribution is 5.75. The molecular formula is C11H19NO4. The molecule has 1 rings (SSSR count). The molecule has 0 aliphatic carbocycles. The molecule has 1 heterocycles. The van der Waals surface area contributed by atoms with Crippen molar-refractivity contribution in [2.45, 2.75) is 25.8 Å². The zero-order chi connectivity index (χ0) is 12.1. The molecule has 0 bridgehead atoms. The van der Waals surface area contributed by atoms with Crippen LogP contribution in [0.4, 0.5) is 0 Å². The van der Waals surface area contributed by atoms with E-state index in [4.69, 9.17) is 4.74 Å². The number of nitrogens with zero attached hydrogens (tertiary/aromatic N) is 1. The van der Waals surface area contributed by atoms with E-state index in [1.54, 1.807) is 0 Å². The van der Waals surface area contributed by atoms with Crippen LogP contribution in [0.25, 0.3) is 0 Å². The molecule has 0 spiro atoms. The van der Waals surface area contributed by atoms with Gasteiger partial charge < -0.3 is 9.47 Å². The number of piperidine rings is 1. The first kappa shape index (κ1) is 13.0. The molecule has 0 N–H and O–H groups in total. The van der Waals surface area contributed by atoms with Gasteiger partial charge in [0.2, 0.25) is 0 Å². The van der Waals surface area contributed by atoms with Gasteiger partial charge in [-0.2, -0.15) is 0 Å². The third-order valence-electron chi connectivity index (χ3n) is 3.15. The van der Waals surface area contributed by atoms with Gasteiger partial charge >= 0.3 is 11.9 Å². The second-order valence-corrected chi connectivity index (χ2v) is 4.03. The summed E-state index contributed by atoms with van der Waals surface area (Å²) >= 11 is 0. The Morgan fingerprint density at radius 3 is 2.19 bits per heavy atom. The normalized spacial score (nSPS) is 20.2. The van der Waals surface area contributed by atoms with Crippen LogP contribution in [0.5, 0.6) is 0 Å². The number of methoxy groups -OCH3 is 2. The topological polar surface area (TPSA) is 55.8 Å². The lowest BCUT2D eigenvalue weighted by atomic mass is 9.96. The SMILES string of the molecule is COC(=O)C1CCN(C(C)C(=O)OC)CC1. The van der Waals surface area contributed by atoms with Crippen LogP contribution >= 0.6 is 0 Å². The van der Waals surface area contributed by atoms with Gasteiger partial charge in [0.05, 0.1) is 20.1 Å². The van der Waals surface area contributed by atoms with E-state index in [0.717, 1.165) is 25.9 Å². The first-order chi connectivity index (χ1) is 7.60. The molecule has 1 fully saturated rings. The van der Waals surface area contributed by atoms with Gasteiger partial charge in [-0.25, -0.2) is 0 Å². The van der Waals surface area contributed by atoms with E-state index in [2.05, 4.69) is 4.74 Å². The van der Waals surface area contributed by atoms with Gasteiger partial charge in [-0.3, -0.25) is 14.5 Å². The molecule has 0 amide bonds. The lowest BCUT2D eigenvalue weighted by molar-refractivity contribution is -0.149. The summed E-state index contributed by atoms with van der Waals surface area (Å²) in [5, 5.41) is 0.